The summed E-state index contributed by atoms with van der Waals surface area (Å²) in [6.45, 7) is 1.97. The molecule has 2 nitrogen and oxygen atoms in total. The van der Waals surface area contributed by atoms with Gasteiger partial charge in [0.25, 0.3) is 0 Å². The Bertz CT molecular complexity index is 644. The van der Waals surface area contributed by atoms with Crippen molar-refractivity contribution in [3.05, 3.63) is 63.9 Å². The third kappa shape index (κ3) is 3.33. The number of benzene rings is 2. The van der Waals surface area contributed by atoms with Crippen LogP contribution in [-0.2, 0) is 6.54 Å². The maximum atomic E-state index is 13.1. The van der Waals surface area contributed by atoms with E-state index in [9.17, 15) is 4.39 Å². The van der Waals surface area contributed by atoms with E-state index < -0.39 is 0 Å². The Morgan fingerprint density at radius 2 is 2.00 bits per heavy atom. The lowest BCUT2D eigenvalue weighted by molar-refractivity contribution is 0.248. The van der Waals surface area contributed by atoms with Crippen molar-refractivity contribution < 1.29 is 9.13 Å². The summed E-state index contributed by atoms with van der Waals surface area (Å²) in [6, 6.07) is 13.5. The van der Waals surface area contributed by atoms with E-state index in [4.69, 9.17) is 4.74 Å². The van der Waals surface area contributed by atoms with Crippen LogP contribution in [0.1, 0.15) is 30.0 Å². The molecule has 0 spiro atoms. The zero-order chi connectivity index (χ0) is 15.5. The highest BCUT2D eigenvalue weighted by molar-refractivity contribution is 9.10. The SMILES string of the molecule is COc1ccc(CN2CCC[C@H]2c2ccc(F)cc2)cc1Br. The first-order valence-corrected chi connectivity index (χ1v) is 8.28. The molecule has 1 aliphatic rings. The van der Waals surface area contributed by atoms with Crippen LogP contribution in [0.4, 0.5) is 4.39 Å². The molecular weight excluding hydrogens is 345 g/mol. The molecule has 0 amide bonds. The van der Waals surface area contributed by atoms with Gasteiger partial charge in [-0.15, -0.1) is 0 Å². The monoisotopic (exact) mass is 363 g/mol. The summed E-state index contributed by atoms with van der Waals surface area (Å²) < 4.78 is 19.4. The lowest BCUT2D eigenvalue weighted by atomic mass is 10.0. The van der Waals surface area contributed by atoms with Gasteiger partial charge in [0, 0.05) is 12.6 Å². The summed E-state index contributed by atoms with van der Waals surface area (Å²) in [5.41, 5.74) is 2.45. The van der Waals surface area contributed by atoms with E-state index in [1.807, 2.05) is 18.2 Å². The maximum Gasteiger partial charge on any atom is 0.133 e. The standard InChI is InChI=1S/C18H19BrFNO/c1-22-18-9-4-13(11-16(18)19)12-21-10-2-3-17(21)14-5-7-15(20)8-6-14/h4-9,11,17H,2-3,10,12H2,1H3/t17-/m0/s1. The Hall–Kier alpha value is -1.39. The zero-order valence-corrected chi connectivity index (χ0v) is 14.1. The molecule has 0 aromatic heterocycles. The van der Waals surface area contributed by atoms with Crippen molar-refractivity contribution in [3.8, 4) is 5.75 Å². The number of ether oxygens (including phenoxy) is 1. The van der Waals surface area contributed by atoms with Crippen LogP contribution in [0.25, 0.3) is 0 Å². The van der Waals surface area contributed by atoms with Crippen LogP contribution in [-0.4, -0.2) is 18.6 Å². The van der Waals surface area contributed by atoms with Crippen LogP contribution < -0.4 is 4.74 Å². The topological polar surface area (TPSA) is 12.5 Å². The molecule has 4 heteroatoms. The number of hydrogen-bond donors (Lipinski definition) is 0. The Morgan fingerprint density at radius 1 is 1.23 bits per heavy atom. The summed E-state index contributed by atoms with van der Waals surface area (Å²) >= 11 is 3.54. The molecule has 0 aliphatic carbocycles. The molecular formula is C18H19BrFNO. The molecule has 3 rings (SSSR count). The molecule has 116 valence electrons. The molecule has 1 heterocycles. The lowest BCUT2D eigenvalue weighted by Gasteiger charge is -2.25. The minimum Gasteiger partial charge on any atom is -0.496 e. The lowest BCUT2D eigenvalue weighted by Crippen LogP contribution is -2.22. The van der Waals surface area contributed by atoms with Crippen molar-refractivity contribution in [1.29, 1.82) is 0 Å². The number of hydrogen-bond acceptors (Lipinski definition) is 2. The average molecular weight is 364 g/mol. The molecule has 0 bridgehead atoms. The van der Waals surface area contributed by atoms with Crippen molar-refractivity contribution in [1.82, 2.24) is 4.90 Å². The van der Waals surface area contributed by atoms with Crippen LogP contribution in [0, 0.1) is 5.82 Å². The Balaban J connectivity index is 1.76. The Labute approximate surface area is 139 Å². The first-order valence-electron chi connectivity index (χ1n) is 7.49. The van der Waals surface area contributed by atoms with Crippen LogP contribution in [0.3, 0.4) is 0 Å². The van der Waals surface area contributed by atoms with Gasteiger partial charge in [-0.05, 0) is 70.7 Å². The van der Waals surface area contributed by atoms with Crippen molar-refractivity contribution >= 4 is 15.9 Å². The van der Waals surface area contributed by atoms with Gasteiger partial charge in [0.1, 0.15) is 11.6 Å². The molecule has 2 aromatic rings. The molecule has 1 fully saturated rings. The van der Waals surface area contributed by atoms with Gasteiger partial charge >= 0.3 is 0 Å². The second-order valence-corrected chi connectivity index (χ2v) is 6.50. The van der Waals surface area contributed by atoms with E-state index in [0.717, 1.165) is 29.7 Å². The maximum absolute atomic E-state index is 13.1. The fourth-order valence-corrected chi connectivity index (χ4v) is 3.71. The Kier molecular flexibility index (Phi) is 4.79. The highest BCUT2D eigenvalue weighted by Gasteiger charge is 2.26. The van der Waals surface area contributed by atoms with Crippen LogP contribution in [0.5, 0.6) is 5.75 Å². The molecule has 1 aliphatic heterocycles. The van der Waals surface area contributed by atoms with Gasteiger partial charge in [-0.1, -0.05) is 18.2 Å². The fraction of sp³-hybridized carbons (Fsp3) is 0.333. The fourth-order valence-electron chi connectivity index (χ4n) is 3.12. The van der Waals surface area contributed by atoms with E-state index in [1.165, 1.54) is 17.5 Å². The van der Waals surface area contributed by atoms with E-state index in [0.29, 0.717) is 6.04 Å². The molecule has 0 radical (unpaired) electrons. The minimum absolute atomic E-state index is 0.174. The summed E-state index contributed by atoms with van der Waals surface area (Å²) in [6.07, 6.45) is 2.31. The van der Waals surface area contributed by atoms with Gasteiger partial charge < -0.3 is 4.74 Å². The van der Waals surface area contributed by atoms with Crippen LogP contribution in [0.2, 0.25) is 0 Å². The molecule has 1 saturated heterocycles. The number of rotatable bonds is 4. The van der Waals surface area contributed by atoms with E-state index in [1.54, 1.807) is 19.2 Å². The smallest absolute Gasteiger partial charge is 0.133 e. The third-order valence-corrected chi connectivity index (χ3v) is 4.84. The highest BCUT2D eigenvalue weighted by Crippen LogP contribution is 2.34. The van der Waals surface area contributed by atoms with Crippen LogP contribution >= 0.6 is 15.9 Å². The van der Waals surface area contributed by atoms with Crippen molar-refractivity contribution in [2.75, 3.05) is 13.7 Å². The van der Waals surface area contributed by atoms with Gasteiger partial charge in [-0.3, -0.25) is 4.90 Å². The zero-order valence-electron chi connectivity index (χ0n) is 12.6. The molecule has 0 unspecified atom stereocenters. The number of likely N-dealkylation sites (tertiary alicyclic amines) is 1. The second-order valence-electron chi connectivity index (χ2n) is 5.65. The van der Waals surface area contributed by atoms with Crippen molar-refractivity contribution in [3.63, 3.8) is 0 Å². The summed E-state index contributed by atoms with van der Waals surface area (Å²) in [4.78, 5) is 2.46. The number of nitrogens with zero attached hydrogens (tertiary/aromatic N) is 1. The average Bonchev–Trinajstić information content (AvgIpc) is 2.96. The first-order chi connectivity index (χ1) is 10.7. The molecule has 1 atom stereocenters. The second kappa shape index (κ2) is 6.80. The summed E-state index contributed by atoms with van der Waals surface area (Å²) in [7, 11) is 1.67. The predicted molar refractivity (Wildman–Crippen MR) is 89.5 cm³/mol. The van der Waals surface area contributed by atoms with E-state index in [2.05, 4.69) is 33.0 Å². The van der Waals surface area contributed by atoms with E-state index >= 15 is 0 Å². The molecule has 0 saturated carbocycles. The molecule has 22 heavy (non-hydrogen) atoms. The molecule has 2 aromatic carbocycles. The third-order valence-electron chi connectivity index (χ3n) is 4.22. The highest BCUT2D eigenvalue weighted by atomic mass is 79.9. The minimum atomic E-state index is -0.174. The van der Waals surface area contributed by atoms with Crippen LogP contribution in [0.15, 0.2) is 46.9 Å². The van der Waals surface area contributed by atoms with Gasteiger partial charge in [0.05, 0.1) is 11.6 Å². The van der Waals surface area contributed by atoms with Gasteiger partial charge in [-0.25, -0.2) is 4.39 Å². The van der Waals surface area contributed by atoms with Gasteiger partial charge in [-0.2, -0.15) is 0 Å². The van der Waals surface area contributed by atoms with Crippen molar-refractivity contribution in [2.24, 2.45) is 0 Å². The quantitative estimate of drug-likeness (QED) is 0.763. The van der Waals surface area contributed by atoms with Crippen molar-refractivity contribution in [2.45, 2.75) is 25.4 Å². The molecule has 0 N–H and O–H groups in total. The normalized spacial score (nSPS) is 18.6. The van der Waals surface area contributed by atoms with E-state index in [-0.39, 0.29) is 5.82 Å². The predicted octanol–water partition coefficient (Wildman–Crippen LogP) is 4.93. The Morgan fingerprint density at radius 3 is 2.68 bits per heavy atom. The van der Waals surface area contributed by atoms with Gasteiger partial charge in [0.2, 0.25) is 0 Å². The number of halogens is 2. The largest absolute Gasteiger partial charge is 0.496 e. The number of methoxy groups -OCH3 is 1. The summed E-state index contributed by atoms with van der Waals surface area (Å²) in [5, 5.41) is 0. The first kappa shape index (κ1) is 15.5. The summed E-state index contributed by atoms with van der Waals surface area (Å²) in [5.74, 6) is 0.674. The van der Waals surface area contributed by atoms with Gasteiger partial charge in [0.15, 0.2) is 0 Å².